The van der Waals surface area contributed by atoms with Crippen molar-refractivity contribution in [2.24, 2.45) is 0 Å². The van der Waals surface area contributed by atoms with Crippen LogP contribution in [0.2, 0.25) is 0 Å². The fourth-order valence-corrected chi connectivity index (χ4v) is 2.49. The van der Waals surface area contributed by atoms with Crippen LogP contribution in [0.4, 0.5) is 0 Å². The SMILES string of the molecule is COc1cccc(CN2CC(C)(C)NCC2C)c1. The maximum Gasteiger partial charge on any atom is 0.119 e. The lowest BCUT2D eigenvalue weighted by Crippen LogP contribution is -2.60. The standard InChI is InChI=1S/C15H24N2O/c1-12-9-16-15(2,3)11-17(12)10-13-6-5-7-14(8-13)18-4/h5-8,12,16H,9-11H2,1-4H3. The van der Waals surface area contributed by atoms with Gasteiger partial charge in [0.05, 0.1) is 7.11 Å². The Kier molecular flexibility index (Phi) is 3.93. The molecule has 0 amide bonds. The predicted octanol–water partition coefficient (Wildman–Crippen LogP) is 2.27. The van der Waals surface area contributed by atoms with Crippen molar-refractivity contribution in [3.63, 3.8) is 0 Å². The Bertz CT molecular complexity index is 403. The van der Waals surface area contributed by atoms with Crippen molar-refractivity contribution in [1.29, 1.82) is 0 Å². The lowest BCUT2D eigenvalue weighted by atomic mass is 9.98. The van der Waals surface area contributed by atoms with Gasteiger partial charge in [-0.25, -0.2) is 0 Å². The molecule has 1 unspecified atom stereocenters. The van der Waals surface area contributed by atoms with E-state index in [2.05, 4.69) is 49.2 Å². The van der Waals surface area contributed by atoms with Gasteiger partial charge in [-0.05, 0) is 38.5 Å². The van der Waals surface area contributed by atoms with Gasteiger partial charge in [0.2, 0.25) is 0 Å². The molecular weight excluding hydrogens is 224 g/mol. The molecule has 1 N–H and O–H groups in total. The summed E-state index contributed by atoms with van der Waals surface area (Å²) in [5.41, 5.74) is 1.52. The molecule has 1 saturated heterocycles. The summed E-state index contributed by atoms with van der Waals surface area (Å²) in [6.07, 6.45) is 0. The van der Waals surface area contributed by atoms with E-state index in [0.717, 1.165) is 25.4 Å². The second-order valence-corrected chi connectivity index (χ2v) is 5.87. The number of nitrogens with zero attached hydrogens (tertiary/aromatic N) is 1. The Hall–Kier alpha value is -1.06. The summed E-state index contributed by atoms with van der Waals surface area (Å²) >= 11 is 0. The maximum absolute atomic E-state index is 5.28. The molecule has 1 aliphatic rings. The van der Waals surface area contributed by atoms with Gasteiger partial charge < -0.3 is 10.1 Å². The molecule has 18 heavy (non-hydrogen) atoms. The molecule has 0 radical (unpaired) electrons. The number of benzene rings is 1. The maximum atomic E-state index is 5.28. The van der Waals surface area contributed by atoms with E-state index in [-0.39, 0.29) is 5.54 Å². The second kappa shape index (κ2) is 5.29. The fraction of sp³-hybridized carbons (Fsp3) is 0.600. The molecule has 1 aromatic rings. The van der Waals surface area contributed by atoms with Crippen LogP contribution in [-0.4, -0.2) is 36.7 Å². The van der Waals surface area contributed by atoms with Gasteiger partial charge in [-0.1, -0.05) is 12.1 Å². The van der Waals surface area contributed by atoms with Gasteiger partial charge >= 0.3 is 0 Å². The Morgan fingerprint density at radius 3 is 2.94 bits per heavy atom. The minimum atomic E-state index is 0.200. The molecule has 3 nitrogen and oxygen atoms in total. The van der Waals surface area contributed by atoms with E-state index in [1.165, 1.54) is 5.56 Å². The number of piperazine rings is 1. The van der Waals surface area contributed by atoms with Gasteiger partial charge in [0.15, 0.2) is 0 Å². The largest absolute Gasteiger partial charge is 0.497 e. The first-order chi connectivity index (χ1) is 8.50. The molecule has 0 bridgehead atoms. The van der Waals surface area contributed by atoms with Crippen LogP contribution in [0, 0.1) is 0 Å². The van der Waals surface area contributed by atoms with Crippen molar-refractivity contribution >= 4 is 0 Å². The smallest absolute Gasteiger partial charge is 0.119 e. The van der Waals surface area contributed by atoms with Gasteiger partial charge in [0, 0.05) is 31.2 Å². The Morgan fingerprint density at radius 2 is 2.22 bits per heavy atom. The molecule has 100 valence electrons. The molecule has 3 heteroatoms. The van der Waals surface area contributed by atoms with E-state index < -0.39 is 0 Å². The second-order valence-electron chi connectivity index (χ2n) is 5.87. The van der Waals surface area contributed by atoms with E-state index in [1.54, 1.807) is 7.11 Å². The first-order valence-electron chi connectivity index (χ1n) is 6.62. The minimum Gasteiger partial charge on any atom is -0.497 e. The number of methoxy groups -OCH3 is 1. The van der Waals surface area contributed by atoms with Gasteiger partial charge in [-0.3, -0.25) is 4.90 Å². The highest BCUT2D eigenvalue weighted by atomic mass is 16.5. The topological polar surface area (TPSA) is 24.5 Å². The fourth-order valence-electron chi connectivity index (χ4n) is 2.49. The van der Waals surface area contributed by atoms with Crippen LogP contribution >= 0.6 is 0 Å². The Balaban J connectivity index is 2.07. The zero-order chi connectivity index (χ0) is 13.2. The molecule has 0 aliphatic carbocycles. The van der Waals surface area contributed by atoms with Crippen molar-refractivity contribution in [3.8, 4) is 5.75 Å². The van der Waals surface area contributed by atoms with Crippen LogP contribution in [0.3, 0.4) is 0 Å². The number of hydrogen-bond acceptors (Lipinski definition) is 3. The molecule has 1 aliphatic heterocycles. The van der Waals surface area contributed by atoms with Gasteiger partial charge in [0.25, 0.3) is 0 Å². The third-order valence-corrected chi connectivity index (χ3v) is 3.62. The third-order valence-electron chi connectivity index (χ3n) is 3.62. The van der Waals surface area contributed by atoms with Gasteiger partial charge in [-0.15, -0.1) is 0 Å². The zero-order valence-corrected chi connectivity index (χ0v) is 11.9. The van der Waals surface area contributed by atoms with Crippen LogP contribution in [0.1, 0.15) is 26.3 Å². The third kappa shape index (κ3) is 3.24. The highest BCUT2D eigenvalue weighted by Gasteiger charge is 2.29. The van der Waals surface area contributed by atoms with E-state index in [1.807, 2.05) is 6.07 Å². The average molecular weight is 248 g/mol. The number of rotatable bonds is 3. The van der Waals surface area contributed by atoms with Gasteiger partial charge in [0.1, 0.15) is 5.75 Å². The minimum absolute atomic E-state index is 0.200. The molecular formula is C15H24N2O. The molecule has 1 aromatic carbocycles. The number of hydrogen-bond donors (Lipinski definition) is 1. The number of nitrogens with one attached hydrogen (secondary N) is 1. The van der Waals surface area contributed by atoms with Crippen molar-refractivity contribution in [2.75, 3.05) is 20.2 Å². The summed E-state index contributed by atoms with van der Waals surface area (Å²) in [4.78, 5) is 2.53. The van der Waals surface area contributed by atoms with E-state index in [9.17, 15) is 0 Å². The van der Waals surface area contributed by atoms with Crippen LogP contribution in [0.15, 0.2) is 24.3 Å². The molecule has 0 spiro atoms. The lowest BCUT2D eigenvalue weighted by molar-refractivity contribution is 0.0977. The van der Waals surface area contributed by atoms with Crippen molar-refractivity contribution in [2.45, 2.75) is 38.9 Å². The lowest BCUT2D eigenvalue weighted by Gasteiger charge is -2.43. The average Bonchev–Trinajstić information content (AvgIpc) is 2.34. The molecule has 2 rings (SSSR count). The van der Waals surface area contributed by atoms with Gasteiger partial charge in [-0.2, -0.15) is 0 Å². The van der Waals surface area contributed by atoms with Crippen molar-refractivity contribution in [3.05, 3.63) is 29.8 Å². The predicted molar refractivity (Wildman–Crippen MR) is 74.9 cm³/mol. The zero-order valence-electron chi connectivity index (χ0n) is 11.9. The summed E-state index contributed by atoms with van der Waals surface area (Å²) in [7, 11) is 1.72. The molecule has 0 aromatic heterocycles. The normalized spacial score (nSPS) is 23.9. The highest BCUT2D eigenvalue weighted by molar-refractivity contribution is 5.28. The van der Waals surface area contributed by atoms with Crippen LogP contribution in [0.25, 0.3) is 0 Å². The summed E-state index contributed by atoms with van der Waals surface area (Å²) < 4.78 is 5.28. The van der Waals surface area contributed by atoms with E-state index in [0.29, 0.717) is 6.04 Å². The van der Waals surface area contributed by atoms with Crippen LogP contribution in [-0.2, 0) is 6.54 Å². The first kappa shape index (κ1) is 13.4. The summed E-state index contributed by atoms with van der Waals surface area (Å²) in [6.45, 7) is 9.92. The quantitative estimate of drug-likeness (QED) is 0.888. The van der Waals surface area contributed by atoms with Crippen molar-refractivity contribution in [1.82, 2.24) is 10.2 Å². The molecule has 0 saturated carbocycles. The van der Waals surface area contributed by atoms with E-state index >= 15 is 0 Å². The molecule has 1 fully saturated rings. The monoisotopic (exact) mass is 248 g/mol. The molecule has 1 atom stereocenters. The Morgan fingerprint density at radius 1 is 1.44 bits per heavy atom. The Labute approximate surface area is 110 Å². The van der Waals surface area contributed by atoms with E-state index in [4.69, 9.17) is 4.74 Å². The summed E-state index contributed by atoms with van der Waals surface area (Å²) in [6, 6.07) is 8.93. The van der Waals surface area contributed by atoms with Crippen molar-refractivity contribution < 1.29 is 4.74 Å². The molecule has 1 heterocycles. The first-order valence-corrected chi connectivity index (χ1v) is 6.62. The van der Waals surface area contributed by atoms with Crippen LogP contribution in [0.5, 0.6) is 5.75 Å². The highest BCUT2D eigenvalue weighted by Crippen LogP contribution is 2.20. The number of ether oxygens (including phenoxy) is 1. The van der Waals surface area contributed by atoms with Crippen LogP contribution < -0.4 is 10.1 Å². The summed E-state index contributed by atoms with van der Waals surface area (Å²) in [5, 5.41) is 3.58. The summed E-state index contributed by atoms with van der Waals surface area (Å²) in [5.74, 6) is 0.939.